The first-order valence-corrected chi connectivity index (χ1v) is 8.80. The summed E-state index contributed by atoms with van der Waals surface area (Å²) in [6.45, 7) is -0.566. The standard InChI is InChI=1S/C19H19ClO8/c20-12-7-11(9-1-3-10(4-2-9)18(25)26)5-6-13(12)27-19-17(24)16(23)15(22)14(8-21)28-19/h1-7,14-17,19,21-24H,8H2,(H,25,26). The number of halogens is 1. The van der Waals surface area contributed by atoms with Crippen molar-refractivity contribution < 1.29 is 39.8 Å². The molecular formula is C19H19ClO8. The van der Waals surface area contributed by atoms with Crippen molar-refractivity contribution in [2.45, 2.75) is 30.7 Å². The molecule has 0 amide bonds. The average molecular weight is 411 g/mol. The molecule has 9 heteroatoms. The first-order chi connectivity index (χ1) is 13.3. The lowest BCUT2D eigenvalue weighted by Gasteiger charge is -2.39. The van der Waals surface area contributed by atoms with Crippen molar-refractivity contribution in [3.63, 3.8) is 0 Å². The number of benzene rings is 2. The molecule has 2 aromatic carbocycles. The van der Waals surface area contributed by atoms with Gasteiger partial charge in [0, 0.05) is 0 Å². The van der Waals surface area contributed by atoms with Crippen molar-refractivity contribution in [2.75, 3.05) is 6.61 Å². The number of hydrogen-bond donors (Lipinski definition) is 5. The minimum atomic E-state index is -1.55. The van der Waals surface area contributed by atoms with E-state index in [9.17, 15) is 25.2 Å². The molecule has 0 radical (unpaired) electrons. The summed E-state index contributed by atoms with van der Waals surface area (Å²) in [5.41, 5.74) is 1.62. The van der Waals surface area contributed by atoms with E-state index in [4.69, 9.17) is 26.2 Å². The highest BCUT2D eigenvalue weighted by atomic mass is 35.5. The third-order valence-electron chi connectivity index (χ3n) is 4.49. The summed E-state index contributed by atoms with van der Waals surface area (Å²) < 4.78 is 10.8. The zero-order chi connectivity index (χ0) is 20.4. The van der Waals surface area contributed by atoms with Gasteiger partial charge in [-0.3, -0.25) is 0 Å². The molecule has 1 heterocycles. The van der Waals surface area contributed by atoms with Gasteiger partial charge in [0.1, 0.15) is 30.2 Å². The lowest BCUT2D eigenvalue weighted by molar-refractivity contribution is -0.277. The second-order valence-corrected chi connectivity index (χ2v) is 6.75. The maximum Gasteiger partial charge on any atom is 0.335 e. The number of ether oxygens (including phenoxy) is 2. The van der Waals surface area contributed by atoms with Crippen LogP contribution >= 0.6 is 11.6 Å². The number of hydrogen-bond acceptors (Lipinski definition) is 7. The van der Waals surface area contributed by atoms with E-state index >= 15 is 0 Å². The molecular weight excluding hydrogens is 392 g/mol. The number of aliphatic hydroxyl groups is 4. The molecule has 0 aliphatic carbocycles. The summed E-state index contributed by atoms with van der Waals surface area (Å²) in [6.07, 6.45) is -7.01. The molecule has 1 saturated heterocycles. The number of aliphatic hydroxyl groups excluding tert-OH is 4. The molecule has 2 aromatic rings. The van der Waals surface area contributed by atoms with Crippen molar-refractivity contribution >= 4 is 17.6 Å². The maximum atomic E-state index is 10.9. The van der Waals surface area contributed by atoms with Crippen LogP contribution in [0.25, 0.3) is 11.1 Å². The second-order valence-electron chi connectivity index (χ2n) is 6.34. The van der Waals surface area contributed by atoms with Crippen LogP contribution in [-0.2, 0) is 4.74 Å². The van der Waals surface area contributed by atoms with Gasteiger partial charge in [-0.25, -0.2) is 4.79 Å². The van der Waals surface area contributed by atoms with Gasteiger partial charge < -0.3 is 35.0 Å². The van der Waals surface area contributed by atoms with E-state index in [1.165, 1.54) is 18.2 Å². The van der Waals surface area contributed by atoms with Gasteiger partial charge in [0.25, 0.3) is 0 Å². The monoisotopic (exact) mass is 410 g/mol. The fourth-order valence-corrected chi connectivity index (χ4v) is 3.10. The molecule has 0 bridgehead atoms. The molecule has 0 spiro atoms. The van der Waals surface area contributed by atoms with E-state index < -0.39 is 43.3 Å². The molecule has 0 saturated carbocycles. The Balaban J connectivity index is 1.78. The van der Waals surface area contributed by atoms with Gasteiger partial charge >= 0.3 is 5.97 Å². The van der Waals surface area contributed by atoms with Crippen molar-refractivity contribution in [3.8, 4) is 16.9 Å². The van der Waals surface area contributed by atoms with Crippen molar-refractivity contribution in [3.05, 3.63) is 53.1 Å². The summed E-state index contributed by atoms with van der Waals surface area (Å²) in [6, 6.07) is 11.1. The van der Waals surface area contributed by atoms with Crippen LogP contribution in [0.3, 0.4) is 0 Å². The Kier molecular flexibility index (Phi) is 6.19. The number of carboxylic acid groups (broad SMARTS) is 1. The molecule has 0 aromatic heterocycles. The Labute approximate surface area is 165 Å². The van der Waals surface area contributed by atoms with E-state index in [1.54, 1.807) is 24.3 Å². The summed E-state index contributed by atoms with van der Waals surface area (Å²) >= 11 is 6.25. The molecule has 8 nitrogen and oxygen atoms in total. The SMILES string of the molecule is O=C(O)c1ccc(-c2ccc(OC3OC(CO)C(O)C(O)C3O)c(Cl)c2)cc1. The number of carbonyl (C=O) groups is 1. The lowest BCUT2D eigenvalue weighted by atomic mass is 9.99. The zero-order valence-corrected chi connectivity index (χ0v) is 15.2. The Morgan fingerprint density at radius 2 is 1.64 bits per heavy atom. The van der Waals surface area contributed by atoms with Crippen LogP contribution in [0.4, 0.5) is 0 Å². The summed E-state index contributed by atoms with van der Waals surface area (Å²) in [7, 11) is 0. The van der Waals surface area contributed by atoms with Crippen molar-refractivity contribution in [1.82, 2.24) is 0 Å². The smallest absolute Gasteiger partial charge is 0.335 e. The highest BCUT2D eigenvalue weighted by Gasteiger charge is 2.44. The lowest BCUT2D eigenvalue weighted by Crippen LogP contribution is -2.60. The van der Waals surface area contributed by atoms with Crippen LogP contribution in [0.2, 0.25) is 5.02 Å². The molecule has 3 rings (SSSR count). The van der Waals surface area contributed by atoms with Crippen molar-refractivity contribution in [2.24, 2.45) is 0 Å². The summed E-state index contributed by atoms with van der Waals surface area (Å²) in [5.74, 6) is -0.857. The molecule has 28 heavy (non-hydrogen) atoms. The fourth-order valence-electron chi connectivity index (χ4n) is 2.87. The zero-order valence-electron chi connectivity index (χ0n) is 14.5. The minimum Gasteiger partial charge on any atom is -0.478 e. The van der Waals surface area contributed by atoms with Crippen LogP contribution in [-0.4, -0.2) is 68.8 Å². The quantitative estimate of drug-likeness (QED) is 0.490. The van der Waals surface area contributed by atoms with Crippen molar-refractivity contribution in [1.29, 1.82) is 0 Å². The maximum absolute atomic E-state index is 10.9. The normalized spacial score (nSPS) is 27.4. The Hall–Kier alpha value is -2.20. The second kappa shape index (κ2) is 8.44. The fraction of sp³-hybridized carbons (Fsp3) is 0.316. The van der Waals surface area contributed by atoms with Gasteiger partial charge in [-0.1, -0.05) is 29.8 Å². The minimum absolute atomic E-state index is 0.164. The molecule has 150 valence electrons. The summed E-state index contributed by atoms with van der Waals surface area (Å²) in [5, 5.41) is 48.0. The van der Waals surface area contributed by atoms with E-state index in [-0.39, 0.29) is 16.3 Å². The van der Waals surface area contributed by atoms with Gasteiger partial charge in [0.05, 0.1) is 17.2 Å². The van der Waals surface area contributed by atoms with Crippen LogP contribution < -0.4 is 4.74 Å². The van der Waals surface area contributed by atoms with Crippen LogP contribution in [0.5, 0.6) is 5.75 Å². The Bertz CT molecular complexity index is 838. The Morgan fingerprint density at radius 1 is 1.00 bits per heavy atom. The van der Waals surface area contributed by atoms with E-state index in [0.717, 1.165) is 5.56 Å². The third-order valence-corrected chi connectivity index (χ3v) is 4.78. The van der Waals surface area contributed by atoms with Gasteiger partial charge in [-0.2, -0.15) is 0 Å². The first kappa shape index (κ1) is 20.5. The molecule has 5 atom stereocenters. The number of aromatic carboxylic acids is 1. The predicted octanol–water partition coefficient (Wildman–Crippen LogP) is 0.884. The van der Waals surface area contributed by atoms with Crippen LogP contribution in [0.15, 0.2) is 42.5 Å². The molecule has 1 aliphatic rings. The molecule has 5 N–H and O–H groups in total. The summed E-state index contributed by atoms with van der Waals surface area (Å²) in [4.78, 5) is 10.9. The topological polar surface area (TPSA) is 137 Å². The highest BCUT2D eigenvalue weighted by Crippen LogP contribution is 2.33. The van der Waals surface area contributed by atoms with Gasteiger partial charge in [-0.05, 0) is 35.4 Å². The predicted molar refractivity (Wildman–Crippen MR) is 98.2 cm³/mol. The number of rotatable bonds is 5. The van der Waals surface area contributed by atoms with E-state index in [1.807, 2.05) is 0 Å². The molecule has 5 unspecified atom stereocenters. The first-order valence-electron chi connectivity index (χ1n) is 8.42. The van der Waals surface area contributed by atoms with E-state index in [2.05, 4.69) is 0 Å². The average Bonchev–Trinajstić information content (AvgIpc) is 2.69. The third kappa shape index (κ3) is 4.12. The van der Waals surface area contributed by atoms with Gasteiger partial charge in [0.2, 0.25) is 6.29 Å². The van der Waals surface area contributed by atoms with Gasteiger partial charge in [-0.15, -0.1) is 0 Å². The number of carboxylic acids is 1. The molecule has 1 fully saturated rings. The highest BCUT2D eigenvalue weighted by molar-refractivity contribution is 6.32. The molecule has 1 aliphatic heterocycles. The van der Waals surface area contributed by atoms with Crippen LogP contribution in [0.1, 0.15) is 10.4 Å². The van der Waals surface area contributed by atoms with Crippen LogP contribution in [0, 0.1) is 0 Å². The Morgan fingerprint density at radius 3 is 2.21 bits per heavy atom. The van der Waals surface area contributed by atoms with Gasteiger partial charge in [0.15, 0.2) is 0 Å². The van der Waals surface area contributed by atoms with E-state index in [0.29, 0.717) is 5.56 Å². The largest absolute Gasteiger partial charge is 0.478 e.